The zero-order valence-corrected chi connectivity index (χ0v) is 14.3. The van der Waals surface area contributed by atoms with Crippen molar-refractivity contribution in [2.45, 2.75) is 11.8 Å². The van der Waals surface area contributed by atoms with Gasteiger partial charge in [-0.15, -0.1) is 11.8 Å². The van der Waals surface area contributed by atoms with Crippen molar-refractivity contribution in [3.8, 4) is 0 Å². The normalized spacial score (nSPS) is 10.4. The summed E-state index contributed by atoms with van der Waals surface area (Å²) in [7, 11) is 1.57. The molecule has 6 nitrogen and oxygen atoms in total. The van der Waals surface area contributed by atoms with E-state index in [1.165, 1.54) is 16.7 Å². The van der Waals surface area contributed by atoms with E-state index >= 15 is 0 Å². The summed E-state index contributed by atoms with van der Waals surface area (Å²) in [5.41, 5.74) is 0. The number of nitrogens with one attached hydrogen (secondary N) is 1. The number of aromatic nitrogens is 1. The van der Waals surface area contributed by atoms with E-state index in [0.717, 1.165) is 4.90 Å². The molecule has 122 valence electrons. The average Bonchev–Trinajstić information content (AvgIpc) is 2.90. The molecule has 8 heteroatoms. The molecule has 1 heterocycles. The smallest absolute Gasteiger partial charge is 0.245 e. The van der Waals surface area contributed by atoms with Crippen LogP contribution in [0.4, 0.5) is 5.82 Å². The first kappa shape index (κ1) is 17.4. The molecule has 1 aromatic heterocycles. The second kappa shape index (κ2) is 8.03. The molecule has 1 N–H and O–H groups in total. The topological polar surface area (TPSA) is 75.4 Å². The highest BCUT2D eigenvalue weighted by Crippen LogP contribution is 2.26. The molecule has 0 bridgehead atoms. The Labute approximate surface area is 143 Å². The highest BCUT2D eigenvalue weighted by molar-refractivity contribution is 8.00. The monoisotopic (exact) mass is 353 g/mol. The molecule has 0 aliphatic heterocycles. The van der Waals surface area contributed by atoms with E-state index in [2.05, 4.69) is 10.5 Å². The van der Waals surface area contributed by atoms with E-state index in [0.29, 0.717) is 16.6 Å². The van der Waals surface area contributed by atoms with Gasteiger partial charge in [-0.25, -0.2) is 0 Å². The summed E-state index contributed by atoms with van der Waals surface area (Å²) in [6, 6.07) is 8.91. The summed E-state index contributed by atoms with van der Waals surface area (Å²) < 4.78 is 4.86. The number of anilines is 1. The SMILES string of the molecule is Cc1cc(NC(=O)CN(C)C(=O)CSc2ccccc2Cl)no1. The minimum atomic E-state index is -0.336. The molecule has 0 unspecified atom stereocenters. The van der Waals surface area contributed by atoms with E-state index in [1.807, 2.05) is 18.2 Å². The van der Waals surface area contributed by atoms with Gasteiger partial charge in [-0.3, -0.25) is 9.59 Å². The van der Waals surface area contributed by atoms with Gasteiger partial charge < -0.3 is 14.7 Å². The lowest BCUT2D eigenvalue weighted by Gasteiger charge is -2.16. The van der Waals surface area contributed by atoms with Crippen molar-refractivity contribution in [2.24, 2.45) is 0 Å². The first-order chi connectivity index (χ1) is 11.0. The van der Waals surface area contributed by atoms with Crippen LogP contribution in [0.3, 0.4) is 0 Å². The van der Waals surface area contributed by atoms with Crippen molar-refractivity contribution in [3.05, 3.63) is 41.1 Å². The number of aryl methyl sites for hydroxylation is 1. The van der Waals surface area contributed by atoms with Crippen molar-refractivity contribution >= 4 is 41.0 Å². The van der Waals surface area contributed by atoms with Gasteiger partial charge in [0.05, 0.1) is 17.3 Å². The fraction of sp³-hybridized carbons (Fsp3) is 0.267. The first-order valence-electron chi connectivity index (χ1n) is 6.80. The van der Waals surface area contributed by atoms with E-state index in [9.17, 15) is 9.59 Å². The number of hydrogen-bond acceptors (Lipinski definition) is 5. The van der Waals surface area contributed by atoms with Crippen LogP contribution in [0, 0.1) is 6.92 Å². The van der Waals surface area contributed by atoms with Crippen LogP contribution in [0.5, 0.6) is 0 Å². The predicted molar refractivity (Wildman–Crippen MR) is 89.7 cm³/mol. The van der Waals surface area contributed by atoms with Crippen molar-refractivity contribution in [1.82, 2.24) is 10.1 Å². The van der Waals surface area contributed by atoms with Gasteiger partial charge in [-0.2, -0.15) is 0 Å². The van der Waals surface area contributed by atoms with Crippen LogP contribution in [0.2, 0.25) is 5.02 Å². The van der Waals surface area contributed by atoms with Gasteiger partial charge >= 0.3 is 0 Å². The summed E-state index contributed by atoms with van der Waals surface area (Å²) in [5, 5.41) is 6.83. The Morgan fingerprint density at radius 3 is 2.78 bits per heavy atom. The van der Waals surface area contributed by atoms with E-state index in [-0.39, 0.29) is 24.1 Å². The molecular weight excluding hydrogens is 338 g/mol. The van der Waals surface area contributed by atoms with Gasteiger partial charge in [0, 0.05) is 18.0 Å². The molecular formula is C15H16ClN3O3S. The Hall–Kier alpha value is -1.99. The first-order valence-corrected chi connectivity index (χ1v) is 8.16. The highest BCUT2D eigenvalue weighted by Gasteiger charge is 2.15. The Kier molecular flexibility index (Phi) is 6.06. The second-order valence-electron chi connectivity index (χ2n) is 4.84. The second-order valence-corrected chi connectivity index (χ2v) is 6.26. The Balaban J connectivity index is 1.80. The van der Waals surface area contributed by atoms with Crippen LogP contribution in [0.15, 0.2) is 39.8 Å². The quantitative estimate of drug-likeness (QED) is 0.808. The molecule has 0 radical (unpaired) electrons. The summed E-state index contributed by atoms with van der Waals surface area (Å²) in [6.07, 6.45) is 0. The van der Waals surface area contributed by atoms with Crippen LogP contribution in [0.25, 0.3) is 0 Å². The lowest BCUT2D eigenvalue weighted by molar-refractivity contribution is -0.131. The summed E-state index contributed by atoms with van der Waals surface area (Å²) in [5.74, 6) is 0.634. The summed E-state index contributed by atoms with van der Waals surface area (Å²) >= 11 is 7.37. The van der Waals surface area contributed by atoms with Crippen LogP contribution in [0.1, 0.15) is 5.76 Å². The third-order valence-electron chi connectivity index (χ3n) is 2.89. The molecule has 0 aliphatic rings. The molecule has 0 aliphatic carbocycles. The van der Waals surface area contributed by atoms with Gasteiger partial charge in [0.2, 0.25) is 11.8 Å². The maximum Gasteiger partial charge on any atom is 0.245 e. The van der Waals surface area contributed by atoms with Gasteiger partial charge in [0.15, 0.2) is 5.82 Å². The van der Waals surface area contributed by atoms with E-state index < -0.39 is 0 Å². The number of halogens is 1. The number of benzene rings is 1. The van der Waals surface area contributed by atoms with Gasteiger partial charge in [-0.1, -0.05) is 28.9 Å². The van der Waals surface area contributed by atoms with Crippen LogP contribution in [-0.4, -0.2) is 41.2 Å². The van der Waals surface area contributed by atoms with Gasteiger partial charge in [0.1, 0.15) is 5.76 Å². The molecule has 0 fully saturated rings. The maximum absolute atomic E-state index is 12.1. The summed E-state index contributed by atoms with van der Waals surface area (Å²) in [6.45, 7) is 1.66. The van der Waals surface area contributed by atoms with Crippen LogP contribution < -0.4 is 5.32 Å². The molecule has 0 saturated heterocycles. The third kappa shape index (κ3) is 5.30. The lowest BCUT2D eigenvalue weighted by atomic mass is 10.4. The minimum absolute atomic E-state index is 0.0617. The molecule has 1 aromatic carbocycles. The van der Waals surface area contributed by atoms with Crippen LogP contribution >= 0.6 is 23.4 Å². The fourth-order valence-electron chi connectivity index (χ4n) is 1.72. The zero-order chi connectivity index (χ0) is 16.8. The number of carbonyl (C=O) groups is 2. The minimum Gasteiger partial charge on any atom is -0.360 e. The number of hydrogen-bond donors (Lipinski definition) is 1. The van der Waals surface area contributed by atoms with Crippen molar-refractivity contribution in [3.63, 3.8) is 0 Å². The van der Waals surface area contributed by atoms with Crippen LogP contribution in [-0.2, 0) is 9.59 Å². The standard InChI is InChI=1S/C15H16ClN3O3S/c1-10-7-13(18-22-10)17-14(20)8-19(2)15(21)9-23-12-6-4-3-5-11(12)16/h3-7H,8-9H2,1-2H3,(H,17,18,20). The Morgan fingerprint density at radius 2 is 2.13 bits per heavy atom. The zero-order valence-electron chi connectivity index (χ0n) is 12.7. The molecule has 2 amide bonds. The van der Waals surface area contributed by atoms with Gasteiger partial charge in [0.25, 0.3) is 0 Å². The van der Waals surface area contributed by atoms with Crippen molar-refractivity contribution < 1.29 is 14.1 Å². The van der Waals surface area contributed by atoms with Crippen molar-refractivity contribution in [2.75, 3.05) is 24.7 Å². The van der Waals surface area contributed by atoms with Crippen molar-refractivity contribution in [1.29, 1.82) is 0 Å². The molecule has 0 atom stereocenters. The number of rotatable bonds is 6. The predicted octanol–water partition coefficient (Wildman–Crippen LogP) is 2.83. The average molecular weight is 354 g/mol. The number of thioether (sulfide) groups is 1. The molecule has 23 heavy (non-hydrogen) atoms. The number of carbonyl (C=O) groups excluding carboxylic acids is 2. The van der Waals surface area contributed by atoms with E-state index in [4.69, 9.17) is 16.1 Å². The van der Waals surface area contributed by atoms with E-state index in [1.54, 1.807) is 26.1 Å². The van der Waals surface area contributed by atoms with Gasteiger partial charge in [-0.05, 0) is 19.1 Å². The molecule has 0 spiro atoms. The molecule has 2 aromatic rings. The highest BCUT2D eigenvalue weighted by atomic mass is 35.5. The largest absolute Gasteiger partial charge is 0.360 e. The molecule has 0 saturated carbocycles. The lowest BCUT2D eigenvalue weighted by Crippen LogP contribution is -2.36. The Morgan fingerprint density at radius 1 is 1.39 bits per heavy atom. The number of amides is 2. The summed E-state index contributed by atoms with van der Waals surface area (Å²) in [4.78, 5) is 26.1. The third-order valence-corrected chi connectivity index (χ3v) is 4.39. The number of likely N-dealkylation sites (N-methyl/N-ethyl adjacent to an activating group) is 1. The maximum atomic E-state index is 12.1. The fourth-order valence-corrected chi connectivity index (χ4v) is 2.90. The number of nitrogens with zero attached hydrogens (tertiary/aromatic N) is 2. The molecule has 2 rings (SSSR count). The Bertz CT molecular complexity index is 705.